The lowest BCUT2D eigenvalue weighted by Gasteiger charge is -2.37. The topological polar surface area (TPSA) is 12.0 Å². The molecule has 0 aromatic rings. The molecule has 2 unspecified atom stereocenters. The minimum absolute atomic E-state index is 0.889. The summed E-state index contributed by atoms with van der Waals surface area (Å²) in [6.45, 7) is 5.07. The maximum atomic E-state index is 3.78. The molecule has 1 N–H and O–H groups in total. The summed E-state index contributed by atoms with van der Waals surface area (Å²) in [4.78, 5) is 0. The summed E-state index contributed by atoms with van der Waals surface area (Å²) in [5, 5.41) is 3.64. The average molecular weight is 179 g/mol. The lowest BCUT2D eigenvalue weighted by molar-refractivity contribution is 0.161. The van der Waals surface area contributed by atoms with Gasteiger partial charge in [-0.3, -0.25) is 0 Å². The highest BCUT2D eigenvalue weighted by atomic mass is 14.9. The van der Waals surface area contributed by atoms with E-state index in [1.807, 2.05) is 0 Å². The first-order chi connectivity index (χ1) is 6.40. The summed E-state index contributed by atoms with van der Waals surface area (Å²) in [6, 6.07) is 0.889. The summed E-state index contributed by atoms with van der Waals surface area (Å²) < 4.78 is 0. The summed E-state index contributed by atoms with van der Waals surface area (Å²) >= 11 is 0. The Bertz CT molecular complexity index is 172. The molecule has 0 radical (unpaired) electrons. The van der Waals surface area contributed by atoms with Gasteiger partial charge in [-0.1, -0.05) is 6.08 Å². The van der Waals surface area contributed by atoms with Crippen LogP contribution in [-0.2, 0) is 0 Å². The normalized spacial score (nSPS) is 32.6. The van der Waals surface area contributed by atoms with Crippen molar-refractivity contribution in [1.82, 2.24) is 5.32 Å². The van der Waals surface area contributed by atoms with Crippen LogP contribution in [0.1, 0.15) is 38.5 Å². The Labute approximate surface area is 81.6 Å². The average Bonchev–Trinajstić information content (AvgIpc) is 2.87. The Kier molecular flexibility index (Phi) is 3.05. The Hall–Kier alpha value is -0.300. The van der Waals surface area contributed by atoms with Crippen molar-refractivity contribution in [2.45, 2.75) is 44.6 Å². The highest BCUT2D eigenvalue weighted by molar-refractivity contribution is 4.88. The van der Waals surface area contributed by atoms with Crippen molar-refractivity contribution >= 4 is 0 Å². The van der Waals surface area contributed by atoms with Crippen LogP contribution in [0.2, 0.25) is 0 Å². The predicted octanol–water partition coefficient (Wildman–Crippen LogP) is 2.73. The number of allylic oxidation sites excluding steroid dienone is 1. The fourth-order valence-corrected chi connectivity index (χ4v) is 2.22. The molecule has 0 amide bonds. The first kappa shape index (κ1) is 9.26. The van der Waals surface area contributed by atoms with Gasteiger partial charge in [-0.15, -0.1) is 6.58 Å². The van der Waals surface area contributed by atoms with E-state index in [0.717, 1.165) is 17.9 Å². The zero-order valence-electron chi connectivity index (χ0n) is 8.47. The van der Waals surface area contributed by atoms with Crippen molar-refractivity contribution in [3.05, 3.63) is 12.7 Å². The first-order valence-electron chi connectivity index (χ1n) is 5.74. The third kappa shape index (κ3) is 2.57. The molecule has 2 saturated carbocycles. The third-order valence-electron chi connectivity index (χ3n) is 3.56. The van der Waals surface area contributed by atoms with E-state index in [0.29, 0.717) is 0 Å². The van der Waals surface area contributed by atoms with E-state index in [1.54, 1.807) is 0 Å². The van der Waals surface area contributed by atoms with Gasteiger partial charge in [0.15, 0.2) is 0 Å². The molecule has 2 aliphatic rings. The van der Waals surface area contributed by atoms with Gasteiger partial charge in [-0.25, -0.2) is 0 Å². The first-order valence-corrected chi connectivity index (χ1v) is 5.74. The van der Waals surface area contributed by atoms with Crippen LogP contribution in [0.25, 0.3) is 0 Å². The standard InChI is InChI=1S/C12H21N/c1-2-3-4-10-5-6-11(10)9-13-12-7-8-12/h2,10-13H,1,3-9H2. The molecule has 0 saturated heterocycles. The fourth-order valence-electron chi connectivity index (χ4n) is 2.22. The highest BCUT2D eigenvalue weighted by Gasteiger charge is 2.31. The van der Waals surface area contributed by atoms with Crippen molar-refractivity contribution < 1.29 is 0 Å². The van der Waals surface area contributed by atoms with Crippen molar-refractivity contribution in [3.8, 4) is 0 Å². The van der Waals surface area contributed by atoms with Crippen LogP contribution in [0.5, 0.6) is 0 Å². The number of hydrogen-bond donors (Lipinski definition) is 1. The molecule has 0 heterocycles. The van der Waals surface area contributed by atoms with Crippen LogP contribution in [0.15, 0.2) is 12.7 Å². The van der Waals surface area contributed by atoms with Crippen LogP contribution < -0.4 is 5.32 Å². The van der Waals surface area contributed by atoms with Crippen LogP contribution in [0.3, 0.4) is 0 Å². The van der Waals surface area contributed by atoms with E-state index in [4.69, 9.17) is 0 Å². The fraction of sp³-hybridized carbons (Fsp3) is 0.833. The largest absolute Gasteiger partial charge is 0.314 e. The van der Waals surface area contributed by atoms with Gasteiger partial charge in [-0.2, -0.15) is 0 Å². The third-order valence-corrected chi connectivity index (χ3v) is 3.56. The van der Waals surface area contributed by atoms with Crippen LogP contribution in [0, 0.1) is 11.8 Å². The molecule has 2 aliphatic carbocycles. The van der Waals surface area contributed by atoms with E-state index in [1.165, 1.54) is 45.1 Å². The quantitative estimate of drug-likeness (QED) is 0.618. The molecule has 0 aliphatic heterocycles. The molecule has 1 nitrogen and oxygen atoms in total. The van der Waals surface area contributed by atoms with Crippen molar-refractivity contribution in [3.63, 3.8) is 0 Å². The van der Waals surface area contributed by atoms with E-state index < -0.39 is 0 Å². The Balaban J connectivity index is 1.59. The lowest BCUT2D eigenvalue weighted by atomic mass is 9.71. The highest BCUT2D eigenvalue weighted by Crippen LogP contribution is 2.37. The van der Waals surface area contributed by atoms with E-state index >= 15 is 0 Å². The summed E-state index contributed by atoms with van der Waals surface area (Å²) in [5.41, 5.74) is 0. The Morgan fingerprint density at radius 2 is 1.92 bits per heavy atom. The summed E-state index contributed by atoms with van der Waals surface area (Å²) in [5.74, 6) is 1.99. The summed E-state index contributed by atoms with van der Waals surface area (Å²) in [7, 11) is 0. The minimum Gasteiger partial charge on any atom is -0.314 e. The van der Waals surface area contributed by atoms with E-state index in [9.17, 15) is 0 Å². The van der Waals surface area contributed by atoms with Gasteiger partial charge in [0.25, 0.3) is 0 Å². The van der Waals surface area contributed by atoms with E-state index in [-0.39, 0.29) is 0 Å². The SMILES string of the molecule is C=CCCC1CCC1CNC1CC1. The Morgan fingerprint density at radius 3 is 2.46 bits per heavy atom. The number of nitrogens with one attached hydrogen (secondary N) is 1. The maximum Gasteiger partial charge on any atom is 0.00683 e. The van der Waals surface area contributed by atoms with Gasteiger partial charge >= 0.3 is 0 Å². The Morgan fingerprint density at radius 1 is 1.15 bits per heavy atom. The number of rotatable bonds is 6. The zero-order valence-corrected chi connectivity index (χ0v) is 8.47. The smallest absolute Gasteiger partial charge is 0.00683 e. The molecule has 0 bridgehead atoms. The molecule has 0 spiro atoms. The molecule has 2 atom stereocenters. The van der Waals surface area contributed by atoms with Gasteiger partial charge in [0.1, 0.15) is 0 Å². The van der Waals surface area contributed by atoms with Crippen LogP contribution in [0.4, 0.5) is 0 Å². The van der Waals surface area contributed by atoms with Crippen molar-refractivity contribution in [2.24, 2.45) is 11.8 Å². The number of hydrogen-bond acceptors (Lipinski definition) is 1. The molecule has 2 rings (SSSR count). The molecule has 13 heavy (non-hydrogen) atoms. The second-order valence-electron chi connectivity index (χ2n) is 4.65. The minimum atomic E-state index is 0.889. The van der Waals surface area contributed by atoms with Gasteiger partial charge in [0.2, 0.25) is 0 Å². The molecule has 2 fully saturated rings. The summed E-state index contributed by atoms with van der Waals surface area (Å²) in [6.07, 6.45) is 10.4. The molecule has 74 valence electrons. The van der Waals surface area contributed by atoms with Crippen molar-refractivity contribution in [2.75, 3.05) is 6.54 Å². The van der Waals surface area contributed by atoms with Crippen LogP contribution >= 0.6 is 0 Å². The molecule has 0 aromatic carbocycles. The monoisotopic (exact) mass is 179 g/mol. The van der Waals surface area contributed by atoms with Gasteiger partial charge in [-0.05, 0) is 56.9 Å². The lowest BCUT2D eigenvalue weighted by Crippen LogP contribution is -2.36. The van der Waals surface area contributed by atoms with E-state index in [2.05, 4.69) is 18.0 Å². The zero-order chi connectivity index (χ0) is 9.10. The molecule has 1 heteroatoms. The predicted molar refractivity (Wildman–Crippen MR) is 56.7 cm³/mol. The van der Waals surface area contributed by atoms with Crippen molar-refractivity contribution in [1.29, 1.82) is 0 Å². The van der Waals surface area contributed by atoms with Gasteiger partial charge in [0, 0.05) is 6.04 Å². The second-order valence-corrected chi connectivity index (χ2v) is 4.65. The van der Waals surface area contributed by atoms with Gasteiger partial charge in [0.05, 0.1) is 0 Å². The van der Waals surface area contributed by atoms with Crippen LogP contribution in [-0.4, -0.2) is 12.6 Å². The van der Waals surface area contributed by atoms with Gasteiger partial charge < -0.3 is 5.32 Å². The maximum absolute atomic E-state index is 3.78. The molecule has 0 aromatic heterocycles. The molecular formula is C12H21N. The second kappa shape index (κ2) is 4.28. The molecular weight excluding hydrogens is 158 g/mol.